The summed E-state index contributed by atoms with van der Waals surface area (Å²) < 4.78 is 12.8. The van der Waals surface area contributed by atoms with Gasteiger partial charge < -0.3 is 14.0 Å². The molecule has 1 aromatic heterocycles. The third-order valence-electron chi connectivity index (χ3n) is 3.80. The molecule has 0 atom stereocenters. The maximum Gasteiger partial charge on any atom is 0.182 e. The van der Waals surface area contributed by atoms with Gasteiger partial charge in [0.15, 0.2) is 22.7 Å². The van der Waals surface area contributed by atoms with Gasteiger partial charge in [0.2, 0.25) is 0 Å². The van der Waals surface area contributed by atoms with E-state index in [4.69, 9.17) is 9.47 Å². The summed E-state index contributed by atoms with van der Waals surface area (Å²) in [4.78, 5) is 24.1. The van der Waals surface area contributed by atoms with Crippen LogP contribution in [0.15, 0.2) is 35.1 Å². The zero-order valence-corrected chi connectivity index (χ0v) is 14.6. The lowest BCUT2D eigenvalue weighted by molar-refractivity contribution is 0.0969. The summed E-state index contributed by atoms with van der Waals surface area (Å²) in [6, 6.07) is 8.24. The van der Waals surface area contributed by atoms with E-state index in [-0.39, 0.29) is 17.8 Å². The van der Waals surface area contributed by atoms with Crippen LogP contribution in [0.25, 0.3) is 0 Å². The van der Waals surface area contributed by atoms with Crippen molar-refractivity contribution >= 4 is 5.78 Å². The van der Waals surface area contributed by atoms with Gasteiger partial charge in [-0.15, -0.1) is 0 Å². The first kappa shape index (κ1) is 17.8. The number of pyridine rings is 1. The van der Waals surface area contributed by atoms with Crippen molar-refractivity contribution in [3.8, 4) is 11.5 Å². The highest BCUT2D eigenvalue weighted by Crippen LogP contribution is 2.28. The highest BCUT2D eigenvalue weighted by atomic mass is 16.5. The smallest absolute Gasteiger partial charge is 0.182 e. The van der Waals surface area contributed by atoms with E-state index in [2.05, 4.69) is 0 Å². The van der Waals surface area contributed by atoms with Gasteiger partial charge in [0.05, 0.1) is 20.3 Å². The summed E-state index contributed by atoms with van der Waals surface area (Å²) in [6.07, 6.45) is 0.872. The summed E-state index contributed by atoms with van der Waals surface area (Å²) in [5, 5.41) is 0. The number of carbonyl (C=O) groups is 1. The Balaban J connectivity index is 2.28. The summed E-state index contributed by atoms with van der Waals surface area (Å²) in [5.74, 6) is 1.13. The number of aromatic nitrogens is 1. The van der Waals surface area contributed by atoms with Crippen molar-refractivity contribution in [2.75, 3.05) is 13.7 Å². The van der Waals surface area contributed by atoms with E-state index in [9.17, 15) is 9.59 Å². The van der Waals surface area contributed by atoms with Crippen molar-refractivity contribution in [3.05, 3.63) is 57.5 Å². The lowest BCUT2D eigenvalue weighted by atomic mass is 10.1. The Morgan fingerprint density at radius 3 is 2.33 bits per heavy atom. The van der Waals surface area contributed by atoms with Crippen LogP contribution >= 0.6 is 0 Å². The van der Waals surface area contributed by atoms with Crippen molar-refractivity contribution in [2.24, 2.45) is 0 Å². The van der Waals surface area contributed by atoms with E-state index in [1.54, 1.807) is 25.3 Å². The molecular formula is C19H23NO4. The van der Waals surface area contributed by atoms with Crippen molar-refractivity contribution < 1.29 is 14.3 Å². The number of ketones is 1. The number of rotatable bonds is 7. The van der Waals surface area contributed by atoms with Crippen molar-refractivity contribution in [1.82, 2.24) is 4.57 Å². The largest absolute Gasteiger partial charge is 0.493 e. The van der Waals surface area contributed by atoms with E-state index in [0.29, 0.717) is 23.7 Å². The molecule has 0 unspecified atom stereocenters. The number of hydrogen-bond acceptors (Lipinski definition) is 4. The van der Waals surface area contributed by atoms with E-state index in [1.807, 2.05) is 25.3 Å². The number of aryl methyl sites for hydroxylation is 2. The first-order chi connectivity index (χ1) is 11.5. The fourth-order valence-electron chi connectivity index (χ4n) is 2.55. The van der Waals surface area contributed by atoms with Gasteiger partial charge in [0, 0.05) is 29.1 Å². The van der Waals surface area contributed by atoms with Crippen LogP contribution < -0.4 is 14.9 Å². The second-order valence-electron chi connectivity index (χ2n) is 5.70. The predicted octanol–water partition coefficient (Wildman–Crippen LogP) is 3.15. The van der Waals surface area contributed by atoms with Gasteiger partial charge in [-0.2, -0.15) is 0 Å². The molecule has 128 valence electrons. The minimum Gasteiger partial charge on any atom is -0.493 e. The number of carbonyl (C=O) groups excluding carboxylic acids is 1. The molecule has 0 amide bonds. The summed E-state index contributed by atoms with van der Waals surface area (Å²) in [7, 11) is 1.57. The Morgan fingerprint density at radius 2 is 1.75 bits per heavy atom. The summed E-state index contributed by atoms with van der Waals surface area (Å²) >= 11 is 0. The average molecular weight is 329 g/mol. The van der Waals surface area contributed by atoms with Gasteiger partial charge in [-0.25, -0.2) is 0 Å². The molecule has 0 spiro atoms. The lowest BCUT2D eigenvalue weighted by Gasteiger charge is -2.15. The predicted molar refractivity (Wildman–Crippen MR) is 93.3 cm³/mol. The Bertz CT molecular complexity index is 766. The van der Waals surface area contributed by atoms with Crippen LogP contribution in [0.1, 0.15) is 35.1 Å². The van der Waals surface area contributed by atoms with E-state index < -0.39 is 0 Å². The summed E-state index contributed by atoms with van der Waals surface area (Å²) in [6.45, 7) is 6.41. The molecule has 0 bridgehead atoms. The van der Waals surface area contributed by atoms with Crippen LogP contribution in [-0.2, 0) is 6.54 Å². The van der Waals surface area contributed by atoms with Crippen molar-refractivity contribution in [2.45, 2.75) is 33.7 Å². The van der Waals surface area contributed by atoms with Crippen LogP contribution in [-0.4, -0.2) is 24.1 Å². The highest BCUT2D eigenvalue weighted by Gasteiger charge is 2.13. The number of hydrogen-bond donors (Lipinski definition) is 0. The molecule has 24 heavy (non-hydrogen) atoms. The molecule has 1 heterocycles. The molecule has 5 nitrogen and oxygen atoms in total. The highest BCUT2D eigenvalue weighted by molar-refractivity contribution is 5.96. The monoisotopic (exact) mass is 329 g/mol. The number of ether oxygens (including phenoxy) is 2. The van der Waals surface area contributed by atoms with E-state index >= 15 is 0 Å². The van der Waals surface area contributed by atoms with Crippen molar-refractivity contribution in [3.63, 3.8) is 0 Å². The number of benzene rings is 1. The summed E-state index contributed by atoms with van der Waals surface area (Å²) in [5.41, 5.74) is 2.04. The Hall–Kier alpha value is -2.56. The first-order valence-corrected chi connectivity index (χ1v) is 7.98. The molecule has 0 aliphatic heterocycles. The molecule has 0 saturated carbocycles. The second kappa shape index (κ2) is 7.81. The Morgan fingerprint density at radius 1 is 1.08 bits per heavy atom. The number of Topliss-reactive ketones (excluding diaryl/α,β-unsaturated/α-hetero) is 1. The fourth-order valence-corrected chi connectivity index (χ4v) is 2.55. The first-order valence-electron chi connectivity index (χ1n) is 7.98. The maximum absolute atomic E-state index is 12.6. The molecule has 0 fully saturated rings. The minimum atomic E-state index is -0.0478. The second-order valence-corrected chi connectivity index (χ2v) is 5.70. The van der Waals surface area contributed by atoms with E-state index in [1.165, 1.54) is 12.1 Å². The average Bonchev–Trinajstić information content (AvgIpc) is 2.55. The normalized spacial score (nSPS) is 10.5. The maximum atomic E-state index is 12.6. The zero-order valence-electron chi connectivity index (χ0n) is 14.6. The van der Waals surface area contributed by atoms with Crippen LogP contribution in [0, 0.1) is 13.8 Å². The molecule has 0 aliphatic carbocycles. The molecule has 2 aromatic rings. The zero-order chi connectivity index (χ0) is 17.7. The van der Waals surface area contributed by atoms with Crippen LogP contribution in [0.2, 0.25) is 0 Å². The molecule has 0 saturated heterocycles. The van der Waals surface area contributed by atoms with Gasteiger partial charge in [-0.3, -0.25) is 9.59 Å². The molecule has 5 heteroatoms. The Labute approximate surface area is 141 Å². The van der Waals surface area contributed by atoms with Gasteiger partial charge in [-0.05, 0) is 38.5 Å². The lowest BCUT2D eigenvalue weighted by Crippen LogP contribution is -2.18. The van der Waals surface area contributed by atoms with Crippen LogP contribution in [0.3, 0.4) is 0 Å². The molecule has 1 aromatic carbocycles. The standard InChI is InChI=1S/C19H23NO4/c1-5-8-24-19-11-15(6-7-18(19)23-4)17(22)12-20-13(2)9-16(21)10-14(20)3/h6-7,9-11H,5,8,12H2,1-4H3. The fraction of sp³-hybridized carbons (Fsp3) is 0.368. The topological polar surface area (TPSA) is 57.5 Å². The van der Waals surface area contributed by atoms with Gasteiger partial charge in [-0.1, -0.05) is 6.92 Å². The third kappa shape index (κ3) is 4.04. The van der Waals surface area contributed by atoms with Gasteiger partial charge >= 0.3 is 0 Å². The molecule has 0 radical (unpaired) electrons. The van der Waals surface area contributed by atoms with Crippen LogP contribution in [0.5, 0.6) is 11.5 Å². The molecule has 0 N–H and O–H groups in total. The third-order valence-corrected chi connectivity index (χ3v) is 3.80. The van der Waals surface area contributed by atoms with Crippen molar-refractivity contribution in [1.29, 1.82) is 0 Å². The van der Waals surface area contributed by atoms with Gasteiger partial charge in [0.25, 0.3) is 0 Å². The Kier molecular flexibility index (Phi) is 5.79. The minimum absolute atomic E-state index is 0.0474. The number of nitrogens with zero attached hydrogens (tertiary/aromatic N) is 1. The van der Waals surface area contributed by atoms with Crippen LogP contribution in [0.4, 0.5) is 0 Å². The molecular weight excluding hydrogens is 306 g/mol. The SMILES string of the molecule is CCCOc1cc(C(=O)Cn2c(C)cc(=O)cc2C)ccc1OC. The van der Waals surface area contributed by atoms with E-state index in [0.717, 1.165) is 17.8 Å². The molecule has 2 rings (SSSR count). The molecule has 0 aliphatic rings. The quantitative estimate of drug-likeness (QED) is 0.732. The van der Waals surface area contributed by atoms with Gasteiger partial charge in [0.1, 0.15) is 0 Å². The number of methoxy groups -OCH3 is 1.